The van der Waals surface area contributed by atoms with Crippen LogP contribution in [-0.2, 0) is 4.79 Å². The van der Waals surface area contributed by atoms with Gasteiger partial charge in [-0.2, -0.15) is 0 Å². The summed E-state index contributed by atoms with van der Waals surface area (Å²) in [6, 6.07) is 9.55. The monoisotopic (exact) mass is 303 g/mol. The number of benzene rings is 1. The molecule has 5 nitrogen and oxygen atoms in total. The molecule has 2 amide bonds. The number of carbonyl (C=O) groups is 2. The maximum atomic E-state index is 12.4. The molecule has 2 N–H and O–H groups in total. The Hall–Kier alpha value is -1.88. The highest BCUT2D eigenvalue weighted by Gasteiger charge is 2.28. The van der Waals surface area contributed by atoms with Crippen molar-refractivity contribution in [2.45, 2.75) is 32.2 Å². The van der Waals surface area contributed by atoms with Crippen LogP contribution in [0.2, 0.25) is 0 Å². The lowest BCUT2D eigenvalue weighted by molar-refractivity contribution is -0.132. The molecule has 1 aromatic rings. The summed E-state index contributed by atoms with van der Waals surface area (Å²) in [5.74, 6) is 0.0842. The number of amides is 2. The number of nitrogens with two attached hydrogens (primary N) is 1. The summed E-state index contributed by atoms with van der Waals surface area (Å²) in [6.07, 6.45) is 2.57. The third-order valence-electron chi connectivity index (χ3n) is 4.17. The average Bonchev–Trinajstić information content (AvgIpc) is 2.59. The molecule has 0 radical (unpaired) electrons. The minimum atomic E-state index is 0.00897. The minimum absolute atomic E-state index is 0.00897. The first-order chi connectivity index (χ1) is 10.7. The molecular formula is C17H25N3O2. The third-order valence-corrected chi connectivity index (χ3v) is 4.17. The summed E-state index contributed by atoms with van der Waals surface area (Å²) in [5, 5.41) is 0. The molecule has 1 saturated heterocycles. The van der Waals surface area contributed by atoms with Gasteiger partial charge in [-0.1, -0.05) is 25.1 Å². The fourth-order valence-electron chi connectivity index (χ4n) is 3.01. The molecule has 0 aromatic heterocycles. The molecule has 5 heteroatoms. The Labute approximate surface area is 132 Å². The van der Waals surface area contributed by atoms with Crippen molar-refractivity contribution in [3.63, 3.8) is 0 Å². The van der Waals surface area contributed by atoms with Crippen LogP contribution in [-0.4, -0.2) is 53.8 Å². The summed E-state index contributed by atoms with van der Waals surface area (Å²) < 4.78 is 0. The SMILES string of the molecule is CCCN(C(=O)CN)C1CCN(C(=O)c2ccccc2)CC1. The molecule has 0 bridgehead atoms. The molecule has 0 spiro atoms. The third kappa shape index (κ3) is 3.85. The zero-order chi connectivity index (χ0) is 15.9. The zero-order valence-corrected chi connectivity index (χ0v) is 13.2. The lowest BCUT2D eigenvalue weighted by Gasteiger charge is -2.38. The van der Waals surface area contributed by atoms with Crippen LogP contribution in [0.15, 0.2) is 30.3 Å². The average molecular weight is 303 g/mol. The molecule has 22 heavy (non-hydrogen) atoms. The highest BCUT2D eigenvalue weighted by molar-refractivity contribution is 5.94. The van der Waals surface area contributed by atoms with E-state index in [9.17, 15) is 9.59 Å². The first kappa shape index (κ1) is 16.5. The zero-order valence-electron chi connectivity index (χ0n) is 13.2. The Morgan fingerprint density at radius 2 is 1.86 bits per heavy atom. The number of rotatable bonds is 5. The first-order valence-electron chi connectivity index (χ1n) is 8.01. The molecule has 1 fully saturated rings. The number of likely N-dealkylation sites (tertiary alicyclic amines) is 1. The standard InChI is InChI=1S/C17H25N3O2/c1-2-10-20(16(21)13-18)15-8-11-19(12-9-15)17(22)14-6-4-3-5-7-14/h3-7,15H,2,8-13,18H2,1H3. The van der Waals surface area contributed by atoms with Gasteiger partial charge in [0.05, 0.1) is 6.54 Å². The normalized spacial score (nSPS) is 15.6. The van der Waals surface area contributed by atoms with Crippen molar-refractivity contribution in [3.05, 3.63) is 35.9 Å². The molecule has 1 aliphatic rings. The lowest BCUT2D eigenvalue weighted by Crippen LogP contribution is -2.50. The number of nitrogens with zero attached hydrogens (tertiary/aromatic N) is 2. The number of hydrogen-bond donors (Lipinski definition) is 1. The van der Waals surface area contributed by atoms with E-state index in [2.05, 4.69) is 6.92 Å². The van der Waals surface area contributed by atoms with Crippen molar-refractivity contribution in [2.24, 2.45) is 5.73 Å². The molecular weight excluding hydrogens is 278 g/mol. The van der Waals surface area contributed by atoms with Crippen molar-refractivity contribution in [3.8, 4) is 0 Å². The van der Waals surface area contributed by atoms with Gasteiger partial charge < -0.3 is 15.5 Å². The molecule has 0 atom stereocenters. The number of hydrogen-bond acceptors (Lipinski definition) is 3. The molecule has 1 aromatic carbocycles. The number of carbonyl (C=O) groups excluding carboxylic acids is 2. The summed E-state index contributed by atoms with van der Waals surface area (Å²) in [5.41, 5.74) is 6.23. The van der Waals surface area contributed by atoms with Gasteiger partial charge in [-0.3, -0.25) is 9.59 Å². The molecule has 1 aliphatic heterocycles. The minimum Gasteiger partial charge on any atom is -0.338 e. The van der Waals surface area contributed by atoms with Crippen LogP contribution in [0.3, 0.4) is 0 Å². The van der Waals surface area contributed by atoms with Crippen LogP contribution in [0.4, 0.5) is 0 Å². The van der Waals surface area contributed by atoms with Crippen LogP contribution >= 0.6 is 0 Å². The van der Waals surface area contributed by atoms with Gasteiger partial charge in [-0.15, -0.1) is 0 Å². The molecule has 120 valence electrons. The summed E-state index contributed by atoms with van der Waals surface area (Å²) in [4.78, 5) is 28.1. The van der Waals surface area contributed by atoms with Crippen molar-refractivity contribution in [1.82, 2.24) is 9.80 Å². The second-order valence-corrected chi connectivity index (χ2v) is 5.68. The van der Waals surface area contributed by atoms with Gasteiger partial charge in [0.25, 0.3) is 5.91 Å². The smallest absolute Gasteiger partial charge is 0.253 e. The van der Waals surface area contributed by atoms with Crippen molar-refractivity contribution in [2.75, 3.05) is 26.2 Å². The van der Waals surface area contributed by atoms with Gasteiger partial charge in [0.15, 0.2) is 0 Å². The summed E-state index contributed by atoms with van der Waals surface area (Å²) >= 11 is 0. The number of piperidine rings is 1. The van der Waals surface area contributed by atoms with Crippen LogP contribution in [0.25, 0.3) is 0 Å². The fourth-order valence-corrected chi connectivity index (χ4v) is 3.01. The van der Waals surface area contributed by atoms with Crippen molar-refractivity contribution >= 4 is 11.8 Å². The maximum Gasteiger partial charge on any atom is 0.253 e. The second kappa shape index (κ2) is 7.94. The van der Waals surface area contributed by atoms with Crippen LogP contribution in [0.1, 0.15) is 36.5 Å². The molecule has 0 unspecified atom stereocenters. The molecule has 0 saturated carbocycles. The van der Waals surface area contributed by atoms with E-state index in [4.69, 9.17) is 5.73 Å². The quantitative estimate of drug-likeness (QED) is 0.896. The van der Waals surface area contributed by atoms with Gasteiger partial charge in [-0.05, 0) is 31.4 Å². The van der Waals surface area contributed by atoms with Gasteiger partial charge in [0.2, 0.25) is 5.91 Å². The second-order valence-electron chi connectivity index (χ2n) is 5.68. The Morgan fingerprint density at radius 3 is 2.41 bits per heavy atom. The van der Waals surface area contributed by atoms with E-state index in [0.29, 0.717) is 13.1 Å². The molecule has 0 aliphatic carbocycles. The van der Waals surface area contributed by atoms with E-state index in [1.54, 1.807) is 0 Å². The van der Waals surface area contributed by atoms with Crippen molar-refractivity contribution < 1.29 is 9.59 Å². The van der Waals surface area contributed by atoms with E-state index in [0.717, 1.165) is 31.4 Å². The largest absolute Gasteiger partial charge is 0.338 e. The van der Waals surface area contributed by atoms with E-state index in [1.165, 1.54) is 0 Å². The predicted molar refractivity (Wildman–Crippen MR) is 86.4 cm³/mol. The Bertz CT molecular complexity index is 496. The summed E-state index contributed by atoms with van der Waals surface area (Å²) in [7, 11) is 0. The topological polar surface area (TPSA) is 66.6 Å². The highest BCUT2D eigenvalue weighted by Crippen LogP contribution is 2.19. The van der Waals surface area contributed by atoms with E-state index in [-0.39, 0.29) is 24.4 Å². The van der Waals surface area contributed by atoms with Crippen molar-refractivity contribution in [1.29, 1.82) is 0 Å². The summed E-state index contributed by atoms with van der Waals surface area (Å²) in [6.45, 7) is 4.24. The predicted octanol–water partition coefficient (Wildman–Crippen LogP) is 1.49. The van der Waals surface area contributed by atoms with Crippen LogP contribution in [0.5, 0.6) is 0 Å². The van der Waals surface area contributed by atoms with E-state index < -0.39 is 0 Å². The lowest BCUT2D eigenvalue weighted by atomic mass is 10.0. The Kier molecular flexibility index (Phi) is 5.95. The Morgan fingerprint density at radius 1 is 1.23 bits per heavy atom. The van der Waals surface area contributed by atoms with Gasteiger partial charge in [-0.25, -0.2) is 0 Å². The highest BCUT2D eigenvalue weighted by atomic mass is 16.2. The van der Waals surface area contributed by atoms with E-state index >= 15 is 0 Å². The maximum absolute atomic E-state index is 12.4. The Balaban J connectivity index is 1.94. The molecule has 1 heterocycles. The molecule has 2 rings (SSSR count). The fraction of sp³-hybridized carbons (Fsp3) is 0.529. The van der Waals surface area contributed by atoms with Gasteiger partial charge in [0.1, 0.15) is 0 Å². The first-order valence-corrected chi connectivity index (χ1v) is 8.01. The van der Waals surface area contributed by atoms with Gasteiger partial charge in [0, 0.05) is 31.2 Å². The van der Waals surface area contributed by atoms with E-state index in [1.807, 2.05) is 40.1 Å². The van der Waals surface area contributed by atoms with Gasteiger partial charge >= 0.3 is 0 Å². The van der Waals surface area contributed by atoms with Crippen LogP contribution in [0, 0.1) is 0 Å². The van der Waals surface area contributed by atoms with Crippen LogP contribution < -0.4 is 5.73 Å².